The number of aromatic nitrogens is 1. The molecule has 2 aromatic carbocycles. The van der Waals surface area contributed by atoms with E-state index in [1.54, 1.807) is 7.11 Å². The first kappa shape index (κ1) is 25.8. The third kappa shape index (κ3) is 6.55. The molecule has 37 heavy (non-hydrogen) atoms. The molecule has 6 nitrogen and oxygen atoms in total. The molecule has 1 amide bonds. The molecule has 3 aromatic rings. The highest BCUT2D eigenvalue weighted by atomic mass is 16.5. The summed E-state index contributed by atoms with van der Waals surface area (Å²) in [4.78, 5) is 15.6. The van der Waals surface area contributed by atoms with Gasteiger partial charge in [-0.3, -0.25) is 9.69 Å². The SMILES string of the molecule is COc1ccc(Cn2cc([C@H](CC(=O)NCCN3CCOCC3)C3CCCCC3)c3ccccc32)cc1. The molecule has 1 aliphatic carbocycles. The van der Waals surface area contributed by atoms with Gasteiger partial charge in [-0.05, 0) is 54.0 Å². The van der Waals surface area contributed by atoms with Gasteiger partial charge in [-0.25, -0.2) is 0 Å². The Hall–Kier alpha value is -2.83. The fourth-order valence-electron chi connectivity index (χ4n) is 6.15. The lowest BCUT2D eigenvalue weighted by atomic mass is 9.75. The Kier molecular flexibility index (Phi) is 8.80. The summed E-state index contributed by atoms with van der Waals surface area (Å²) in [5, 5.41) is 4.52. The molecular weight excluding hydrogens is 462 g/mol. The minimum Gasteiger partial charge on any atom is -0.497 e. The first-order valence-electron chi connectivity index (χ1n) is 14.0. The number of carbonyl (C=O) groups excluding carboxylic acids is 1. The number of nitrogens with zero attached hydrogens (tertiary/aromatic N) is 2. The summed E-state index contributed by atoms with van der Waals surface area (Å²) in [5.74, 6) is 1.85. The number of hydrogen-bond donors (Lipinski definition) is 1. The number of carbonyl (C=O) groups is 1. The number of fused-ring (bicyclic) bond motifs is 1. The third-order valence-corrected chi connectivity index (χ3v) is 8.21. The van der Waals surface area contributed by atoms with Crippen molar-refractivity contribution in [3.05, 3.63) is 65.9 Å². The molecule has 1 atom stereocenters. The minimum absolute atomic E-state index is 0.177. The van der Waals surface area contributed by atoms with Gasteiger partial charge in [0.15, 0.2) is 0 Å². The molecule has 2 heterocycles. The maximum absolute atomic E-state index is 13.2. The molecule has 1 saturated heterocycles. The van der Waals surface area contributed by atoms with Gasteiger partial charge in [0, 0.05) is 56.2 Å². The second kappa shape index (κ2) is 12.6. The molecule has 2 fully saturated rings. The average Bonchev–Trinajstić information content (AvgIpc) is 3.31. The Bertz CT molecular complexity index is 1140. The van der Waals surface area contributed by atoms with Gasteiger partial charge in [-0.15, -0.1) is 0 Å². The van der Waals surface area contributed by atoms with E-state index in [0.717, 1.165) is 45.1 Å². The van der Waals surface area contributed by atoms with Crippen molar-refractivity contribution in [2.75, 3.05) is 46.5 Å². The number of ether oxygens (including phenoxy) is 2. The van der Waals surface area contributed by atoms with Gasteiger partial charge < -0.3 is 19.4 Å². The highest BCUT2D eigenvalue weighted by molar-refractivity contribution is 5.86. The number of benzene rings is 2. The van der Waals surface area contributed by atoms with Crippen LogP contribution in [0.2, 0.25) is 0 Å². The molecule has 0 radical (unpaired) electrons. The molecule has 1 N–H and O–H groups in total. The summed E-state index contributed by atoms with van der Waals surface area (Å²) in [6.45, 7) is 5.88. The monoisotopic (exact) mass is 503 g/mol. The zero-order valence-electron chi connectivity index (χ0n) is 22.2. The van der Waals surface area contributed by atoms with Crippen LogP contribution in [0.3, 0.4) is 0 Å². The highest BCUT2D eigenvalue weighted by Crippen LogP contribution is 2.41. The summed E-state index contributed by atoms with van der Waals surface area (Å²) in [6, 6.07) is 17.0. The fraction of sp³-hybridized carbons (Fsp3) is 0.516. The van der Waals surface area contributed by atoms with E-state index in [1.807, 2.05) is 12.1 Å². The van der Waals surface area contributed by atoms with Gasteiger partial charge in [0.25, 0.3) is 0 Å². The van der Waals surface area contributed by atoms with Crippen molar-refractivity contribution in [3.63, 3.8) is 0 Å². The second-order valence-electron chi connectivity index (χ2n) is 10.6. The largest absolute Gasteiger partial charge is 0.497 e. The molecule has 1 aliphatic heterocycles. The smallest absolute Gasteiger partial charge is 0.220 e. The molecule has 198 valence electrons. The zero-order valence-corrected chi connectivity index (χ0v) is 22.2. The minimum atomic E-state index is 0.177. The summed E-state index contributed by atoms with van der Waals surface area (Å²) in [6.07, 6.45) is 9.16. The van der Waals surface area contributed by atoms with Gasteiger partial charge >= 0.3 is 0 Å². The maximum atomic E-state index is 13.2. The first-order chi connectivity index (χ1) is 18.2. The highest BCUT2D eigenvalue weighted by Gasteiger charge is 2.29. The molecular formula is C31H41N3O3. The van der Waals surface area contributed by atoms with Crippen LogP contribution in [0.15, 0.2) is 54.7 Å². The number of morpholine rings is 1. The second-order valence-corrected chi connectivity index (χ2v) is 10.6. The van der Waals surface area contributed by atoms with E-state index in [1.165, 1.54) is 54.1 Å². The van der Waals surface area contributed by atoms with Crippen LogP contribution in [-0.2, 0) is 16.1 Å². The van der Waals surface area contributed by atoms with E-state index in [9.17, 15) is 4.79 Å². The van der Waals surface area contributed by atoms with Crippen LogP contribution < -0.4 is 10.1 Å². The van der Waals surface area contributed by atoms with Crippen LogP contribution in [0.1, 0.15) is 55.6 Å². The Morgan fingerprint density at radius 3 is 2.57 bits per heavy atom. The summed E-state index contributed by atoms with van der Waals surface area (Å²) < 4.78 is 13.1. The zero-order chi connectivity index (χ0) is 25.5. The van der Waals surface area contributed by atoms with Crippen molar-refractivity contribution >= 4 is 16.8 Å². The number of amides is 1. The standard InChI is InChI=1S/C31H41N3O3/c1-36-26-13-11-24(12-14-26)22-34-23-29(27-9-5-6-10-30(27)34)28(25-7-3-2-4-8-25)21-31(35)32-15-16-33-17-19-37-20-18-33/h5-6,9-14,23,25,28H,2-4,7-8,15-22H2,1H3,(H,32,35)/t28-/m1/s1. The van der Waals surface area contributed by atoms with E-state index >= 15 is 0 Å². The Morgan fingerprint density at radius 2 is 1.81 bits per heavy atom. The lowest BCUT2D eigenvalue weighted by molar-refractivity contribution is -0.121. The average molecular weight is 504 g/mol. The Morgan fingerprint density at radius 1 is 1.05 bits per heavy atom. The topological polar surface area (TPSA) is 55.7 Å². The van der Waals surface area contributed by atoms with E-state index in [-0.39, 0.29) is 11.8 Å². The normalized spacial score (nSPS) is 18.1. The summed E-state index contributed by atoms with van der Waals surface area (Å²) in [7, 11) is 1.70. The molecule has 2 aliphatic rings. The number of hydrogen-bond acceptors (Lipinski definition) is 4. The van der Waals surface area contributed by atoms with Crippen molar-refractivity contribution in [2.24, 2.45) is 5.92 Å². The predicted molar refractivity (Wildman–Crippen MR) is 148 cm³/mol. The van der Waals surface area contributed by atoms with Crippen molar-refractivity contribution < 1.29 is 14.3 Å². The quantitative estimate of drug-likeness (QED) is 0.413. The maximum Gasteiger partial charge on any atom is 0.220 e. The number of methoxy groups -OCH3 is 1. The molecule has 5 rings (SSSR count). The van der Waals surface area contributed by atoms with Crippen LogP contribution in [0.5, 0.6) is 5.75 Å². The van der Waals surface area contributed by atoms with Gasteiger partial charge in [0.2, 0.25) is 5.91 Å². The fourth-order valence-corrected chi connectivity index (χ4v) is 6.15. The van der Waals surface area contributed by atoms with Gasteiger partial charge in [0.1, 0.15) is 5.75 Å². The van der Waals surface area contributed by atoms with Crippen LogP contribution in [0.4, 0.5) is 0 Å². The van der Waals surface area contributed by atoms with E-state index in [0.29, 0.717) is 18.9 Å². The van der Waals surface area contributed by atoms with Crippen molar-refractivity contribution in [1.82, 2.24) is 14.8 Å². The molecule has 1 saturated carbocycles. The molecule has 0 bridgehead atoms. The number of para-hydroxylation sites is 1. The molecule has 0 unspecified atom stereocenters. The van der Waals surface area contributed by atoms with Crippen molar-refractivity contribution in [3.8, 4) is 5.75 Å². The lowest BCUT2D eigenvalue weighted by Crippen LogP contribution is -2.41. The Labute approximate surface area is 220 Å². The van der Waals surface area contributed by atoms with Crippen molar-refractivity contribution in [1.29, 1.82) is 0 Å². The van der Waals surface area contributed by atoms with E-state index < -0.39 is 0 Å². The number of rotatable bonds is 10. The predicted octanol–water partition coefficient (Wildman–Crippen LogP) is 5.20. The first-order valence-corrected chi connectivity index (χ1v) is 14.0. The van der Waals surface area contributed by atoms with Crippen molar-refractivity contribution in [2.45, 2.75) is 51.0 Å². The molecule has 6 heteroatoms. The van der Waals surface area contributed by atoms with Crippen LogP contribution in [-0.4, -0.2) is 61.9 Å². The van der Waals surface area contributed by atoms with Crippen LogP contribution in [0.25, 0.3) is 10.9 Å². The Balaban J connectivity index is 1.35. The molecule has 1 aromatic heterocycles. The van der Waals surface area contributed by atoms with Gasteiger partial charge in [0.05, 0.1) is 20.3 Å². The summed E-state index contributed by atoms with van der Waals surface area (Å²) in [5.41, 5.74) is 3.81. The van der Waals surface area contributed by atoms with Crippen LogP contribution in [0, 0.1) is 5.92 Å². The van der Waals surface area contributed by atoms with Crippen LogP contribution >= 0.6 is 0 Å². The van der Waals surface area contributed by atoms with E-state index in [4.69, 9.17) is 9.47 Å². The van der Waals surface area contributed by atoms with Gasteiger partial charge in [-0.1, -0.05) is 49.6 Å². The van der Waals surface area contributed by atoms with E-state index in [2.05, 4.69) is 57.4 Å². The molecule has 0 spiro atoms. The summed E-state index contributed by atoms with van der Waals surface area (Å²) >= 11 is 0. The van der Waals surface area contributed by atoms with Gasteiger partial charge in [-0.2, -0.15) is 0 Å². The third-order valence-electron chi connectivity index (χ3n) is 8.21. The lowest BCUT2D eigenvalue weighted by Gasteiger charge is -2.30. The number of nitrogens with one attached hydrogen (secondary N) is 1.